The largest absolute Gasteiger partial charge is 0.502 e. The van der Waals surface area contributed by atoms with Crippen LogP contribution in [0, 0.1) is 0 Å². The molecule has 24 heteroatoms. The molecule has 18 nitrogen and oxygen atoms in total. The van der Waals surface area contributed by atoms with E-state index < -0.39 is 91.0 Å². The Kier molecular flexibility index (Phi) is 11.1. The van der Waals surface area contributed by atoms with Gasteiger partial charge in [-0.2, -0.15) is 0 Å². The molecule has 2 aliphatic carbocycles. The normalized spacial score (nSPS) is 18.9. The summed E-state index contributed by atoms with van der Waals surface area (Å²) >= 11 is 0. The number of sulfone groups is 6. The first-order chi connectivity index (χ1) is 21.6. The Hall–Kier alpha value is -2.94. The molecule has 3 rings (SSSR count). The Bertz CT molecular complexity index is 2160. The molecule has 0 bridgehead atoms. The third kappa shape index (κ3) is 6.22. The van der Waals surface area contributed by atoms with Crippen LogP contribution in [0.1, 0.15) is 71.1 Å². The first-order valence-electron chi connectivity index (χ1n) is 13.8. The van der Waals surface area contributed by atoms with Gasteiger partial charge in [0.05, 0.1) is 15.4 Å². The molecule has 47 heavy (non-hydrogen) atoms. The average molecular weight is 775 g/mol. The zero-order chi connectivity index (χ0) is 35.7. The third-order valence-corrected chi connectivity index (χ3v) is 25.9. The Morgan fingerprint density at radius 1 is 0.553 bits per heavy atom. The van der Waals surface area contributed by atoms with Gasteiger partial charge in [0.25, 0.3) is 29.5 Å². The van der Waals surface area contributed by atoms with Crippen LogP contribution in [0.25, 0.3) is 16.6 Å². The van der Waals surface area contributed by atoms with Crippen molar-refractivity contribution in [1.82, 2.24) is 0 Å². The zero-order valence-corrected chi connectivity index (χ0v) is 29.5. The maximum absolute atomic E-state index is 14.3. The second-order valence-corrected chi connectivity index (χ2v) is 25.2. The Balaban J connectivity index is 2.52. The average Bonchev–Trinajstić information content (AvgIpc) is 3.01. The van der Waals surface area contributed by atoms with E-state index in [0.717, 1.165) is 24.3 Å². The first-order valence-corrected chi connectivity index (χ1v) is 22.9. The van der Waals surface area contributed by atoms with Crippen LogP contribution in [0.5, 0.6) is 0 Å². The molecule has 0 atom stereocenters. The summed E-state index contributed by atoms with van der Waals surface area (Å²) < 4.78 is 154. The number of benzene rings is 1. The molecule has 0 amide bonds. The lowest BCUT2D eigenvalue weighted by molar-refractivity contribution is 0.00362. The fourth-order valence-electron chi connectivity index (χ4n) is 5.42. The summed E-state index contributed by atoms with van der Waals surface area (Å²) in [5.41, 5.74) is 29.2. The number of rotatable bonds is 6. The summed E-state index contributed by atoms with van der Waals surface area (Å²) in [4.78, 5) is 5.70. The fraction of sp³-hybridized carbons (Fsp3) is 0.609. The van der Waals surface area contributed by atoms with E-state index in [4.69, 9.17) is 0 Å². The van der Waals surface area contributed by atoms with Crippen molar-refractivity contribution in [2.24, 2.45) is 0 Å². The van der Waals surface area contributed by atoms with Gasteiger partial charge in [0.2, 0.25) is 0 Å². The minimum atomic E-state index is -6.90. The maximum atomic E-state index is 14.3. The Morgan fingerprint density at radius 3 is 1.19 bits per heavy atom. The predicted octanol–water partition coefficient (Wildman–Crippen LogP) is 0.631. The van der Waals surface area contributed by atoms with Crippen molar-refractivity contribution in [2.45, 2.75) is 89.9 Å². The fourth-order valence-corrected chi connectivity index (χ4v) is 22.3. The van der Waals surface area contributed by atoms with Gasteiger partial charge in [-0.1, -0.05) is 56.7 Å². The Morgan fingerprint density at radius 2 is 0.872 bits per heavy atom. The van der Waals surface area contributed by atoms with Crippen LogP contribution in [0.15, 0.2) is 35.2 Å². The molecule has 1 aromatic carbocycles. The Labute approximate surface area is 272 Å². The van der Waals surface area contributed by atoms with Crippen LogP contribution in [0.3, 0.4) is 0 Å². The van der Waals surface area contributed by atoms with E-state index in [0.29, 0.717) is 12.8 Å². The molecule has 260 valence electrons. The van der Waals surface area contributed by atoms with Gasteiger partial charge in [-0.25, -0.2) is 50.5 Å². The van der Waals surface area contributed by atoms with Crippen LogP contribution in [-0.2, 0) is 59.0 Å². The van der Waals surface area contributed by atoms with Gasteiger partial charge in [-0.3, -0.25) is 0 Å². The minimum absolute atomic E-state index is 0.216. The van der Waals surface area contributed by atoms with E-state index in [1.54, 1.807) is 0 Å². The molecular weight excluding hydrogens is 745 g/mol. The van der Waals surface area contributed by atoms with Crippen LogP contribution < -0.4 is 0 Å². The topological polar surface area (TPSA) is 314 Å². The monoisotopic (exact) mass is 774 g/mol. The van der Waals surface area contributed by atoms with Crippen LogP contribution in [0.2, 0.25) is 0 Å². The van der Waals surface area contributed by atoms with Crippen molar-refractivity contribution in [3.63, 3.8) is 0 Å². The molecule has 2 saturated carbocycles. The molecule has 0 heterocycles. The van der Waals surface area contributed by atoms with Crippen LogP contribution in [-0.4, -0.2) is 91.9 Å². The smallest absolute Gasteiger partial charge is 0.359 e. The van der Waals surface area contributed by atoms with Gasteiger partial charge < -0.3 is 16.6 Å². The van der Waals surface area contributed by atoms with E-state index >= 15 is 0 Å². The summed E-state index contributed by atoms with van der Waals surface area (Å²) in [6, 6.07) is 4.88. The van der Waals surface area contributed by atoms with Crippen LogP contribution >= 0.6 is 0 Å². The molecule has 2 aliphatic rings. The minimum Gasteiger partial charge on any atom is -0.359 e. The molecular formula is C23H30N6O12S6. The summed E-state index contributed by atoms with van der Waals surface area (Å²) in [6.45, 7) is -0.290. The van der Waals surface area contributed by atoms with Gasteiger partial charge in [0.15, 0.2) is 0 Å². The molecule has 0 spiro atoms. The number of hydrogen-bond acceptors (Lipinski definition) is 12. The lowest BCUT2D eigenvalue weighted by Crippen LogP contribution is -2.60. The molecule has 0 unspecified atom stereocenters. The van der Waals surface area contributed by atoms with Gasteiger partial charge >= 0.3 is 46.1 Å². The molecule has 0 saturated heterocycles. The van der Waals surface area contributed by atoms with E-state index in [-0.39, 0.29) is 58.3 Å². The van der Waals surface area contributed by atoms with E-state index in [2.05, 4.69) is 14.4 Å². The molecule has 0 aromatic heterocycles. The van der Waals surface area contributed by atoms with Crippen molar-refractivity contribution in [3.05, 3.63) is 46.9 Å². The van der Waals surface area contributed by atoms with Gasteiger partial charge in [-0.05, 0) is 44.7 Å². The summed E-state index contributed by atoms with van der Waals surface area (Å²) in [7, 11) is -37.3. The molecule has 0 aliphatic heterocycles. The highest BCUT2D eigenvalue weighted by Crippen LogP contribution is 2.40. The summed E-state index contributed by atoms with van der Waals surface area (Å²) in [5, 5.41) is -3.30. The highest BCUT2D eigenvalue weighted by Gasteiger charge is 2.77. The van der Waals surface area contributed by atoms with Crippen molar-refractivity contribution < 1.29 is 64.9 Å². The molecule has 0 N–H and O–H groups in total. The van der Waals surface area contributed by atoms with Crippen molar-refractivity contribution in [1.29, 1.82) is 0 Å². The SMILES string of the molecule is CC(S(=O)(=O)C(=[N+]=[N-])S(=O)(=O)c1ccccc1)(S(=O)(=O)C(=[N+]=[N-])S(=O)(=O)C1CCCCC1)S(=O)(=O)C(=[N+]=[N-])S(=O)(=O)C1CCCCC1. The standard InChI is InChI=1S/C23H30N6O12S6/c1-23(45(36,37)20(27-24)42(30,31)17-11-5-2-6-12-17,46(38,39)21(28-25)43(32,33)18-13-7-3-8-14-18)47(40,41)22(29-26)44(34,35)19-15-9-4-10-16-19/h2,5-6,11-12,18-19H,3-4,7-10,13-16H2,1H3. The number of nitrogens with zero attached hydrogens (tertiary/aromatic N) is 6. The van der Waals surface area contributed by atoms with Gasteiger partial charge in [-0.15, -0.1) is 14.4 Å². The van der Waals surface area contributed by atoms with E-state index in [1.165, 1.54) is 6.07 Å². The highest BCUT2D eigenvalue weighted by molar-refractivity contribution is 8.50. The summed E-state index contributed by atoms with van der Waals surface area (Å²) in [6.07, 6.45) is 0.930. The molecule has 1 aromatic rings. The second kappa shape index (κ2) is 13.5. The highest BCUT2D eigenvalue weighted by atomic mass is 32.4. The number of hydrogen-bond donors (Lipinski definition) is 0. The lowest BCUT2D eigenvalue weighted by Gasteiger charge is -2.25. The quantitative estimate of drug-likeness (QED) is 0.166. The lowest BCUT2D eigenvalue weighted by atomic mass is 10.0. The maximum Gasteiger partial charge on any atom is 0.502 e. The predicted molar refractivity (Wildman–Crippen MR) is 166 cm³/mol. The van der Waals surface area contributed by atoms with Crippen LogP contribution in [0.4, 0.5) is 0 Å². The molecule has 0 radical (unpaired) electrons. The first kappa shape index (κ1) is 38.5. The third-order valence-electron chi connectivity index (χ3n) is 8.15. The van der Waals surface area contributed by atoms with Gasteiger partial charge in [0, 0.05) is 0 Å². The van der Waals surface area contributed by atoms with Crippen molar-refractivity contribution >= 4 is 72.2 Å². The van der Waals surface area contributed by atoms with E-state index in [1.807, 2.05) is 0 Å². The van der Waals surface area contributed by atoms with E-state index in [9.17, 15) is 67.1 Å². The van der Waals surface area contributed by atoms with Gasteiger partial charge in [0.1, 0.15) is 0 Å². The summed E-state index contributed by atoms with van der Waals surface area (Å²) in [5.74, 6) is 0. The molecule has 2 fully saturated rings. The van der Waals surface area contributed by atoms with Crippen molar-refractivity contribution in [2.75, 3.05) is 0 Å². The van der Waals surface area contributed by atoms with Crippen molar-refractivity contribution in [3.8, 4) is 0 Å². The zero-order valence-electron chi connectivity index (χ0n) is 24.6. The second-order valence-electron chi connectivity index (χ2n) is 10.9.